The number of methoxy groups -OCH3 is 1. The number of hydrogen-bond donors (Lipinski definition) is 1. The van der Waals surface area contributed by atoms with Gasteiger partial charge in [-0.1, -0.05) is 0 Å². The largest absolute Gasteiger partial charge is 0.443 e. The van der Waals surface area contributed by atoms with Gasteiger partial charge in [-0.25, -0.2) is 9.18 Å². The first-order valence-electron chi connectivity index (χ1n) is 7.88. The number of hydrogen-bond acceptors (Lipinski definition) is 5. The SMILES string of the molecule is COC1CCN(c2ccc(N3C[C@H](CN)OC3=O)cc2F)CC1. The minimum atomic E-state index is -0.478. The van der Waals surface area contributed by atoms with Crippen LogP contribution in [0.15, 0.2) is 18.2 Å². The number of piperidine rings is 1. The third-order valence-corrected chi connectivity index (χ3v) is 4.50. The number of halogens is 1. The molecule has 1 amide bonds. The quantitative estimate of drug-likeness (QED) is 0.914. The van der Waals surface area contributed by atoms with E-state index in [2.05, 4.69) is 0 Å². The van der Waals surface area contributed by atoms with Gasteiger partial charge in [0, 0.05) is 26.7 Å². The van der Waals surface area contributed by atoms with Crippen LogP contribution in [0.2, 0.25) is 0 Å². The maximum atomic E-state index is 14.5. The monoisotopic (exact) mass is 323 g/mol. The molecule has 0 unspecified atom stereocenters. The molecule has 0 saturated carbocycles. The van der Waals surface area contributed by atoms with Gasteiger partial charge in [-0.2, -0.15) is 0 Å². The van der Waals surface area contributed by atoms with Crippen molar-refractivity contribution in [2.75, 3.05) is 43.1 Å². The summed E-state index contributed by atoms with van der Waals surface area (Å²) in [7, 11) is 1.71. The second-order valence-electron chi connectivity index (χ2n) is 5.91. The van der Waals surface area contributed by atoms with Gasteiger partial charge in [-0.3, -0.25) is 4.90 Å². The molecular formula is C16H22FN3O3. The second-order valence-corrected chi connectivity index (χ2v) is 5.91. The Morgan fingerprint density at radius 2 is 2.13 bits per heavy atom. The highest BCUT2D eigenvalue weighted by atomic mass is 19.1. The van der Waals surface area contributed by atoms with E-state index in [1.54, 1.807) is 19.2 Å². The molecule has 3 rings (SSSR count). The third-order valence-electron chi connectivity index (χ3n) is 4.50. The molecule has 2 aliphatic heterocycles. The van der Waals surface area contributed by atoms with Crippen molar-refractivity contribution in [2.45, 2.75) is 25.0 Å². The molecule has 2 N–H and O–H groups in total. The number of nitrogens with zero attached hydrogens (tertiary/aromatic N) is 2. The Bertz CT molecular complexity index is 576. The second kappa shape index (κ2) is 6.72. The molecule has 0 radical (unpaired) electrons. The normalized spacial score (nSPS) is 22.6. The zero-order valence-electron chi connectivity index (χ0n) is 13.2. The van der Waals surface area contributed by atoms with Crippen LogP contribution in [-0.2, 0) is 9.47 Å². The molecule has 1 aromatic carbocycles. The Morgan fingerprint density at radius 3 is 2.70 bits per heavy atom. The number of anilines is 2. The maximum absolute atomic E-state index is 14.5. The third kappa shape index (κ3) is 3.25. The summed E-state index contributed by atoms with van der Waals surface area (Å²) in [5.41, 5.74) is 6.58. The highest BCUT2D eigenvalue weighted by molar-refractivity contribution is 5.90. The van der Waals surface area contributed by atoms with Crippen molar-refractivity contribution in [3.8, 4) is 0 Å². The van der Waals surface area contributed by atoms with E-state index < -0.39 is 6.09 Å². The lowest BCUT2D eigenvalue weighted by Crippen LogP contribution is -2.37. The van der Waals surface area contributed by atoms with Gasteiger partial charge in [-0.15, -0.1) is 0 Å². The topological polar surface area (TPSA) is 68.0 Å². The summed E-state index contributed by atoms with van der Waals surface area (Å²) in [4.78, 5) is 15.2. The van der Waals surface area contributed by atoms with Gasteiger partial charge in [0.05, 0.1) is 24.0 Å². The van der Waals surface area contributed by atoms with Crippen LogP contribution in [0.3, 0.4) is 0 Å². The van der Waals surface area contributed by atoms with Crippen LogP contribution in [-0.4, -0.2) is 51.6 Å². The van der Waals surface area contributed by atoms with Gasteiger partial charge in [0.1, 0.15) is 11.9 Å². The van der Waals surface area contributed by atoms with Crippen LogP contribution in [0.1, 0.15) is 12.8 Å². The van der Waals surface area contributed by atoms with Gasteiger partial charge in [0.15, 0.2) is 0 Å². The van der Waals surface area contributed by atoms with Crippen LogP contribution in [0, 0.1) is 5.82 Å². The average Bonchev–Trinajstić information content (AvgIpc) is 2.96. The van der Waals surface area contributed by atoms with E-state index in [1.165, 1.54) is 11.0 Å². The fraction of sp³-hybridized carbons (Fsp3) is 0.562. The number of cyclic esters (lactones) is 1. The van der Waals surface area contributed by atoms with Crippen LogP contribution in [0.25, 0.3) is 0 Å². The van der Waals surface area contributed by atoms with Crippen molar-refractivity contribution in [1.29, 1.82) is 0 Å². The molecule has 7 heteroatoms. The molecule has 23 heavy (non-hydrogen) atoms. The Labute approximate surface area is 134 Å². The van der Waals surface area contributed by atoms with E-state index >= 15 is 0 Å². The highest BCUT2D eigenvalue weighted by Gasteiger charge is 2.32. The van der Waals surface area contributed by atoms with Crippen LogP contribution in [0.4, 0.5) is 20.6 Å². The first-order valence-corrected chi connectivity index (χ1v) is 7.88. The summed E-state index contributed by atoms with van der Waals surface area (Å²) in [5.74, 6) is -0.331. The molecule has 2 aliphatic rings. The molecule has 1 atom stereocenters. The fourth-order valence-corrected chi connectivity index (χ4v) is 3.11. The number of carbonyl (C=O) groups excluding carboxylic acids is 1. The first kappa shape index (κ1) is 16.0. The fourth-order valence-electron chi connectivity index (χ4n) is 3.11. The van der Waals surface area contributed by atoms with Gasteiger partial charge in [-0.05, 0) is 31.0 Å². The maximum Gasteiger partial charge on any atom is 0.414 e. The van der Waals surface area contributed by atoms with Gasteiger partial charge in [0.25, 0.3) is 0 Å². The molecule has 1 aromatic rings. The molecule has 2 saturated heterocycles. The molecule has 0 bridgehead atoms. The van der Waals surface area contributed by atoms with E-state index in [0.717, 1.165) is 25.9 Å². The Hall–Kier alpha value is -1.86. The minimum Gasteiger partial charge on any atom is -0.443 e. The number of nitrogens with two attached hydrogens (primary N) is 1. The molecular weight excluding hydrogens is 301 g/mol. The zero-order chi connectivity index (χ0) is 16.4. The lowest BCUT2D eigenvalue weighted by atomic mass is 10.1. The number of rotatable bonds is 4. The standard InChI is InChI=1S/C16H22FN3O3/c1-22-12-4-6-19(7-5-12)15-3-2-11(8-14(15)17)20-10-13(9-18)23-16(20)21/h2-3,8,12-13H,4-7,9-10,18H2,1H3/t13-/m0/s1. The zero-order valence-corrected chi connectivity index (χ0v) is 13.2. The van der Waals surface area contributed by atoms with E-state index in [-0.39, 0.29) is 24.6 Å². The molecule has 2 fully saturated rings. The predicted octanol–water partition coefficient (Wildman–Crippen LogP) is 1.72. The number of benzene rings is 1. The summed E-state index contributed by atoms with van der Waals surface area (Å²) in [6.45, 7) is 2.14. The lowest BCUT2D eigenvalue weighted by Gasteiger charge is -2.33. The molecule has 6 nitrogen and oxygen atoms in total. The summed E-state index contributed by atoms with van der Waals surface area (Å²) in [6.07, 6.45) is 1.20. The first-order chi connectivity index (χ1) is 11.1. The number of carbonyl (C=O) groups is 1. The van der Waals surface area contributed by atoms with E-state index in [4.69, 9.17) is 15.2 Å². The Morgan fingerprint density at radius 1 is 1.39 bits per heavy atom. The smallest absolute Gasteiger partial charge is 0.414 e. The average molecular weight is 323 g/mol. The van der Waals surface area contributed by atoms with Crippen LogP contribution < -0.4 is 15.5 Å². The molecule has 0 aromatic heterocycles. The molecule has 126 valence electrons. The van der Waals surface area contributed by atoms with E-state index in [9.17, 15) is 9.18 Å². The van der Waals surface area contributed by atoms with Crippen molar-refractivity contribution < 1.29 is 18.7 Å². The molecule has 0 aliphatic carbocycles. The number of amides is 1. The Balaban J connectivity index is 1.73. The van der Waals surface area contributed by atoms with E-state index in [1.807, 2.05) is 4.90 Å². The van der Waals surface area contributed by atoms with Crippen molar-refractivity contribution in [3.63, 3.8) is 0 Å². The van der Waals surface area contributed by atoms with Crippen LogP contribution >= 0.6 is 0 Å². The van der Waals surface area contributed by atoms with Crippen molar-refractivity contribution in [1.82, 2.24) is 0 Å². The molecule has 2 heterocycles. The van der Waals surface area contributed by atoms with Crippen LogP contribution in [0.5, 0.6) is 0 Å². The molecule has 0 spiro atoms. The number of ether oxygens (including phenoxy) is 2. The predicted molar refractivity (Wildman–Crippen MR) is 85.3 cm³/mol. The Kier molecular flexibility index (Phi) is 4.68. The van der Waals surface area contributed by atoms with Gasteiger partial charge >= 0.3 is 6.09 Å². The lowest BCUT2D eigenvalue weighted by molar-refractivity contribution is 0.0818. The van der Waals surface area contributed by atoms with Gasteiger partial charge in [0.2, 0.25) is 0 Å². The summed E-state index contributed by atoms with van der Waals surface area (Å²) in [6, 6.07) is 4.86. The van der Waals surface area contributed by atoms with Crippen molar-refractivity contribution in [3.05, 3.63) is 24.0 Å². The van der Waals surface area contributed by atoms with Crippen molar-refractivity contribution >= 4 is 17.5 Å². The summed E-state index contributed by atoms with van der Waals surface area (Å²) in [5, 5.41) is 0. The van der Waals surface area contributed by atoms with E-state index in [0.29, 0.717) is 17.9 Å². The summed E-state index contributed by atoms with van der Waals surface area (Å²) < 4.78 is 24.9. The van der Waals surface area contributed by atoms with Crippen molar-refractivity contribution in [2.24, 2.45) is 5.73 Å². The summed E-state index contributed by atoms with van der Waals surface area (Å²) >= 11 is 0. The highest BCUT2D eigenvalue weighted by Crippen LogP contribution is 2.29. The van der Waals surface area contributed by atoms with Gasteiger partial charge < -0.3 is 20.1 Å². The minimum absolute atomic E-state index is 0.251.